The average molecular weight is 308 g/mol. The van der Waals surface area contributed by atoms with Crippen molar-refractivity contribution in [2.24, 2.45) is 0 Å². The minimum atomic E-state index is 0.454. The molecule has 0 aliphatic heterocycles. The highest BCUT2D eigenvalue weighted by Gasteiger charge is 2.21. The van der Waals surface area contributed by atoms with Gasteiger partial charge < -0.3 is 10.1 Å². The standard InChI is InChI=1S/C15H18BrNO/c1-3-4-7-18-15-11(2)8-13(16)9-12(15)10-17-14-5-6-14/h8-9,14,17H,5-7,10H2,1-2H3. The third kappa shape index (κ3) is 3.76. The van der Waals surface area contributed by atoms with Crippen LogP contribution in [0.2, 0.25) is 0 Å². The predicted octanol–water partition coefficient (Wildman–Crippen LogP) is 3.41. The lowest BCUT2D eigenvalue weighted by Gasteiger charge is -2.14. The molecule has 1 aromatic carbocycles. The molecule has 0 saturated heterocycles. The average Bonchev–Trinajstić information content (AvgIpc) is 3.13. The Morgan fingerprint density at radius 2 is 2.22 bits per heavy atom. The van der Waals surface area contributed by atoms with Crippen molar-refractivity contribution in [2.45, 2.75) is 39.3 Å². The van der Waals surface area contributed by atoms with Crippen molar-refractivity contribution < 1.29 is 4.74 Å². The van der Waals surface area contributed by atoms with Gasteiger partial charge in [-0.15, -0.1) is 5.92 Å². The molecule has 0 spiro atoms. The van der Waals surface area contributed by atoms with Crippen molar-refractivity contribution in [3.8, 4) is 17.6 Å². The number of ether oxygens (including phenoxy) is 1. The Kier molecular flexibility index (Phi) is 4.68. The number of hydrogen-bond donors (Lipinski definition) is 1. The van der Waals surface area contributed by atoms with Gasteiger partial charge in [0.15, 0.2) is 0 Å². The van der Waals surface area contributed by atoms with Gasteiger partial charge in [0.1, 0.15) is 12.4 Å². The number of hydrogen-bond acceptors (Lipinski definition) is 2. The molecule has 1 saturated carbocycles. The van der Waals surface area contributed by atoms with E-state index in [-0.39, 0.29) is 0 Å². The van der Waals surface area contributed by atoms with Gasteiger partial charge in [0.2, 0.25) is 0 Å². The van der Waals surface area contributed by atoms with Gasteiger partial charge >= 0.3 is 0 Å². The molecule has 1 N–H and O–H groups in total. The molecule has 1 aliphatic carbocycles. The van der Waals surface area contributed by atoms with E-state index in [2.05, 4.69) is 52.1 Å². The second-order valence-corrected chi connectivity index (χ2v) is 5.50. The number of nitrogens with one attached hydrogen (secondary N) is 1. The summed E-state index contributed by atoms with van der Waals surface area (Å²) >= 11 is 3.54. The molecule has 0 atom stereocenters. The maximum absolute atomic E-state index is 5.78. The second kappa shape index (κ2) is 6.26. The topological polar surface area (TPSA) is 21.3 Å². The fourth-order valence-electron chi connectivity index (χ4n) is 1.86. The van der Waals surface area contributed by atoms with Crippen molar-refractivity contribution in [1.82, 2.24) is 5.32 Å². The highest BCUT2D eigenvalue weighted by Crippen LogP contribution is 2.29. The van der Waals surface area contributed by atoms with Gasteiger partial charge in [-0.1, -0.05) is 21.9 Å². The van der Waals surface area contributed by atoms with Crippen molar-refractivity contribution in [3.63, 3.8) is 0 Å². The molecular formula is C15H18BrNO. The largest absolute Gasteiger partial charge is 0.480 e. The molecule has 0 bridgehead atoms. The van der Waals surface area contributed by atoms with Crippen molar-refractivity contribution >= 4 is 15.9 Å². The van der Waals surface area contributed by atoms with Crippen LogP contribution in [0.4, 0.5) is 0 Å². The van der Waals surface area contributed by atoms with E-state index in [1.807, 2.05) is 6.92 Å². The van der Waals surface area contributed by atoms with Crippen LogP contribution in [0.5, 0.6) is 5.75 Å². The van der Waals surface area contributed by atoms with Crippen LogP contribution in [0.3, 0.4) is 0 Å². The minimum absolute atomic E-state index is 0.454. The summed E-state index contributed by atoms with van der Waals surface area (Å²) in [5, 5.41) is 3.52. The number of benzene rings is 1. The zero-order chi connectivity index (χ0) is 13.0. The van der Waals surface area contributed by atoms with Crippen molar-refractivity contribution in [2.75, 3.05) is 6.61 Å². The summed E-state index contributed by atoms with van der Waals surface area (Å²) in [6.45, 7) is 5.21. The Bertz CT molecular complexity index is 483. The van der Waals surface area contributed by atoms with E-state index in [0.717, 1.165) is 22.3 Å². The van der Waals surface area contributed by atoms with E-state index >= 15 is 0 Å². The molecular weight excluding hydrogens is 290 g/mol. The van der Waals surface area contributed by atoms with E-state index < -0.39 is 0 Å². The number of halogens is 1. The lowest BCUT2D eigenvalue weighted by molar-refractivity contribution is 0.362. The van der Waals surface area contributed by atoms with E-state index in [1.54, 1.807) is 0 Å². The molecule has 1 aromatic rings. The Morgan fingerprint density at radius 1 is 1.44 bits per heavy atom. The number of rotatable bonds is 5. The van der Waals surface area contributed by atoms with Crippen LogP contribution in [0.1, 0.15) is 30.9 Å². The zero-order valence-electron chi connectivity index (χ0n) is 10.8. The third-order valence-corrected chi connectivity index (χ3v) is 3.40. The first-order valence-corrected chi connectivity index (χ1v) is 7.05. The van der Waals surface area contributed by atoms with Gasteiger partial charge in [-0.25, -0.2) is 0 Å². The fourth-order valence-corrected chi connectivity index (χ4v) is 2.48. The van der Waals surface area contributed by atoms with Crippen LogP contribution in [0.25, 0.3) is 0 Å². The molecule has 1 fully saturated rings. The lowest BCUT2D eigenvalue weighted by Crippen LogP contribution is -2.16. The molecule has 96 valence electrons. The zero-order valence-corrected chi connectivity index (χ0v) is 12.4. The van der Waals surface area contributed by atoms with E-state index in [9.17, 15) is 0 Å². The van der Waals surface area contributed by atoms with Crippen LogP contribution < -0.4 is 10.1 Å². The second-order valence-electron chi connectivity index (χ2n) is 4.58. The van der Waals surface area contributed by atoms with Crippen LogP contribution in [0.15, 0.2) is 16.6 Å². The first kappa shape index (κ1) is 13.5. The third-order valence-electron chi connectivity index (χ3n) is 2.94. The summed E-state index contributed by atoms with van der Waals surface area (Å²) in [5.41, 5.74) is 2.35. The molecule has 18 heavy (non-hydrogen) atoms. The molecule has 1 aliphatic rings. The lowest BCUT2D eigenvalue weighted by atomic mass is 10.1. The Balaban J connectivity index is 2.12. The first-order chi connectivity index (χ1) is 8.70. The van der Waals surface area contributed by atoms with Crippen LogP contribution in [0, 0.1) is 18.8 Å². The molecule has 2 nitrogen and oxygen atoms in total. The van der Waals surface area contributed by atoms with E-state index in [0.29, 0.717) is 12.6 Å². The van der Waals surface area contributed by atoms with Gasteiger partial charge in [-0.3, -0.25) is 0 Å². The van der Waals surface area contributed by atoms with Crippen molar-refractivity contribution in [3.05, 3.63) is 27.7 Å². The molecule has 2 rings (SSSR count). The molecule has 0 aromatic heterocycles. The van der Waals surface area contributed by atoms with Gasteiger partial charge in [0, 0.05) is 22.6 Å². The summed E-state index contributed by atoms with van der Waals surface area (Å²) < 4.78 is 6.88. The Morgan fingerprint density at radius 3 is 2.89 bits per heavy atom. The maximum Gasteiger partial charge on any atom is 0.149 e. The molecule has 0 heterocycles. The molecule has 3 heteroatoms. The monoisotopic (exact) mass is 307 g/mol. The Labute approximate surface area is 117 Å². The maximum atomic E-state index is 5.78. The SMILES string of the molecule is CC#CCOc1c(C)cc(Br)cc1CNC1CC1. The van der Waals surface area contributed by atoms with Crippen LogP contribution in [-0.2, 0) is 6.54 Å². The molecule has 0 amide bonds. The quantitative estimate of drug-likeness (QED) is 0.842. The fraction of sp³-hybridized carbons (Fsp3) is 0.467. The number of aryl methyl sites for hydroxylation is 1. The summed E-state index contributed by atoms with van der Waals surface area (Å²) in [5.74, 6) is 6.75. The first-order valence-electron chi connectivity index (χ1n) is 6.25. The van der Waals surface area contributed by atoms with Gasteiger partial charge in [0.05, 0.1) is 0 Å². The van der Waals surface area contributed by atoms with Crippen LogP contribution in [-0.4, -0.2) is 12.6 Å². The van der Waals surface area contributed by atoms with Crippen LogP contribution >= 0.6 is 15.9 Å². The summed E-state index contributed by atoms with van der Waals surface area (Å²) in [6, 6.07) is 4.90. The molecule has 0 radical (unpaired) electrons. The normalized spacial score (nSPS) is 13.9. The summed E-state index contributed by atoms with van der Waals surface area (Å²) in [6.07, 6.45) is 2.59. The van der Waals surface area contributed by atoms with Gasteiger partial charge in [-0.05, 0) is 44.4 Å². The summed E-state index contributed by atoms with van der Waals surface area (Å²) in [7, 11) is 0. The smallest absolute Gasteiger partial charge is 0.149 e. The molecule has 0 unspecified atom stereocenters. The van der Waals surface area contributed by atoms with E-state index in [1.165, 1.54) is 18.4 Å². The van der Waals surface area contributed by atoms with Crippen molar-refractivity contribution in [1.29, 1.82) is 0 Å². The van der Waals surface area contributed by atoms with Gasteiger partial charge in [0.25, 0.3) is 0 Å². The van der Waals surface area contributed by atoms with E-state index in [4.69, 9.17) is 4.74 Å². The predicted molar refractivity (Wildman–Crippen MR) is 77.7 cm³/mol. The Hall–Kier alpha value is -0.980. The highest BCUT2D eigenvalue weighted by atomic mass is 79.9. The summed E-state index contributed by atoms with van der Waals surface area (Å²) in [4.78, 5) is 0. The minimum Gasteiger partial charge on any atom is -0.480 e. The highest BCUT2D eigenvalue weighted by molar-refractivity contribution is 9.10. The van der Waals surface area contributed by atoms with Gasteiger partial charge in [-0.2, -0.15) is 0 Å².